The number of anilines is 1. The number of nitro benzene ring substituents is 1. The fraction of sp³-hybridized carbons (Fsp3) is 0.455. The number of benzene rings is 1. The zero-order valence-electron chi connectivity index (χ0n) is 10.4. The van der Waals surface area contributed by atoms with Crippen molar-refractivity contribution in [2.45, 2.75) is 18.7 Å². The first-order valence-electron chi connectivity index (χ1n) is 5.49. The lowest BCUT2D eigenvalue weighted by atomic mass is 10.1. The van der Waals surface area contributed by atoms with Crippen molar-refractivity contribution in [3.05, 3.63) is 33.9 Å². The highest BCUT2D eigenvalue weighted by Crippen LogP contribution is 2.37. The number of nitrogens with one attached hydrogen (secondary N) is 1. The summed E-state index contributed by atoms with van der Waals surface area (Å²) in [6.07, 6.45) is -4.86. The van der Waals surface area contributed by atoms with Crippen molar-refractivity contribution in [1.29, 1.82) is 0 Å². The number of aliphatic hydroxyl groups is 2. The molecule has 112 valence electrons. The molecular weight excluding hydrogens is 281 g/mol. The van der Waals surface area contributed by atoms with Crippen molar-refractivity contribution in [1.82, 2.24) is 0 Å². The van der Waals surface area contributed by atoms with Crippen LogP contribution in [-0.4, -0.2) is 33.9 Å². The van der Waals surface area contributed by atoms with Crippen LogP contribution in [0.1, 0.15) is 12.5 Å². The van der Waals surface area contributed by atoms with Crippen molar-refractivity contribution in [3.63, 3.8) is 0 Å². The second-order valence-electron chi connectivity index (χ2n) is 4.50. The minimum atomic E-state index is -4.86. The van der Waals surface area contributed by atoms with Gasteiger partial charge in [0.15, 0.2) is 0 Å². The molecule has 20 heavy (non-hydrogen) atoms. The Morgan fingerprint density at radius 2 is 2.00 bits per heavy atom. The van der Waals surface area contributed by atoms with Crippen LogP contribution in [0.2, 0.25) is 0 Å². The monoisotopic (exact) mass is 294 g/mol. The van der Waals surface area contributed by atoms with Gasteiger partial charge in [-0.2, -0.15) is 13.2 Å². The highest BCUT2D eigenvalue weighted by Gasteiger charge is 2.38. The summed E-state index contributed by atoms with van der Waals surface area (Å²) in [7, 11) is 0. The molecule has 0 amide bonds. The normalized spacial score (nSPS) is 14.7. The molecule has 0 heterocycles. The van der Waals surface area contributed by atoms with Gasteiger partial charge in [-0.15, -0.1) is 0 Å². The van der Waals surface area contributed by atoms with E-state index >= 15 is 0 Å². The van der Waals surface area contributed by atoms with Gasteiger partial charge in [0.05, 0.1) is 11.5 Å². The molecular formula is C11H13F3N2O4. The average Bonchev–Trinajstić information content (AvgIpc) is 2.35. The zero-order valence-corrected chi connectivity index (χ0v) is 10.4. The Kier molecular flexibility index (Phi) is 4.56. The highest BCUT2D eigenvalue weighted by molar-refractivity contribution is 5.55. The molecule has 0 fully saturated rings. The number of nitro groups is 1. The summed E-state index contributed by atoms with van der Waals surface area (Å²) in [6, 6.07) is 2.42. The summed E-state index contributed by atoms with van der Waals surface area (Å²) in [5.41, 5.74) is -3.98. The van der Waals surface area contributed by atoms with E-state index in [1.807, 2.05) is 0 Å². The quantitative estimate of drug-likeness (QED) is 0.568. The van der Waals surface area contributed by atoms with Gasteiger partial charge in [-0.25, -0.2) is 0 Å². The van der Waals surface area contributed by atoms with E-state index < -0.39 is 34.6 Å². The molecule has 0 bridgehead atoms. The van der Waals surface area contributed by atoms with Gasteiger partial charge < -0.3 is 15.5 Å². The number of hydrogen-bond donors (Lipinski definition) is 3. The number of rotatable bonds is 5. The molecule has 9 heteroatoms. The van der Waals surface area contributed by atoms with Gasteiger partial charge in [0.1, 0.15) is 11.2 Å². The van der Waals surface area contributed by atoms with Gasteiger partial charge in [0.2, 0.25) is 0 Å². The van der Waals surface area contributed by atoms with Crippen LogP contribution < -0.4 is 5.32 Å². The van der Waals surface area contributed by atoms with Crippen molar-refractivity contribution in [2.75, 3.05) is 18.5 Å². The summed E-state index contributed by atoms with van der Waals surface area (Å²) in [4.78, 5) is 9.44. The zero-order chi connectivity index (χ0) is 15.6. The maximum absolute atomic E-state index is 12.7. The van der Waals surface area contributed by atoms with E-state index in [-0.39, 0.29) is 12.2 Å². The smallest absolute Gasteiger partial charge is 0.393 e. The SMILES string of the molecule is CC(O)(CO)CNc1ccc([N+](=O)[O-])c(C(F)(F)F)c1. The molecule has 0 aliphatic rings. The summed E-state index contributed by atoms with van der Waals surface area (Å²) in [6.45, 7) is 0.494. The molecule has 0 radical (unpaired) electrons. The van der Waals surface area contributed by atoms with Crippen LogP contribution in [0, 0.1) is 10.1 Å². The first-order chi connectivity index (χ1) is 9.07. The molecule has 0 aromatic heterocycles. The van der Waals surface area contributed by atoms with Crippen molar-refractivity contribution < 1.29 is 28.3 Å². The minimum absolute atomic E-state index is 0.0448. The average molecular weight is 294 g/mol. The Hall–Kier alpha value is -1.87. The standard InChI is InChI=1S/C11H13F3N2O4/c1-10(18,6-17)5-15-7-2-3-9(16(19)20)8(4-7)11(12,13)14/h2-4,15,17-18H,5-6H2,1H3. The number of aliphatic hydroxyl groups excluding tert-OH is 1. The van der Waals surface area contributed by atoms with Crippen LogP contribution in [0.4, 0.5) is 24.5 Å². The van der Waals surface area contributed by atoms with E-state index in [4.69, 9.17) is 5.11 Å². The maximum Gasteiger partial charge on any atom is 0.423 e. The van der Waals surface area contributed by atoms with Crippen molar-refractivity contribution >= 4 is 11.4 Å². The largest absolute Gasteiger partial charge is 0.423 e. The lowest BCUT2D eigenvalue weighted by Crippen LogP contribution is -2.37. The third-order valence-corrected chi connectivity index (χ3v) is 2.51. The number of alkyl halides is 3. The van der Waals surface area contributed by atoms with E-state index in [2.05, 4.69) is 5.32 Å². The third kappa shape index (κ3) is 4.07. The Labute approximate surface area is 112 Å². The van der Waals surface area contributed by atoms with Gasteiger partial charge in [0.25, 0.3) is 5.69 Å². The van der Waals surface area contributed by atoms with Crippen LogP contribution in [0.5, 0.6) is 0 Å². The van der Waals surface area contributed by atoms with Crippen molar-refractivity contribution in [3.8, 4) is 0 Å². The summed E-state index contributed by atoms with van der Waals surface area (Å²) in [5.74, 6) is 0. The van der Waals surface area contributed by atoms with Gasteiger partial charge in [0, 0.05) is 18.3 Å². The van der Waals surface area contributed by atoms with Gasteiger partial charge in [-0.3, -0.25) is 10.1 Å². The molecule has 1 atom stereocenters. The van der Waals surface area contributed by atoms with E-state index in [0.717, 1.165) is 12.1 Å². The molecule has 6 nitrogen and oxygen atoms in total. The molecule has 0 saturated carbocycles. The predicted molar refractivity (Wildman–Crippen MR) is 64.3 cm³/mol. The van der Waals surface area contributed by atoms with Crippen molar-refractivity contribution in [2.24, 2.45) is 0 Å². The Bertz CT molecular complexity index is 503. The first-order valence-corrected chi connectivity index (χ1v) is 5.49. The van der Waals surface area contributed by atoms with Crippen LogP contribution >= 0.6 is 0 Å². The Balaban J connectivity index is 3.05. The second-order valence-corrected chi connectivity index (χ2v) is 4.50. The molecule has 0 saturated heterocycles. The molecule has 1 rings (SSSR count). The van der Waals surface area contributed by atoms with E-state index in [9.17, 15) is 28.4 Å². The first kappa shape index (κ1) is 16.2. The molecule has 0 aliphatic heterocycles. The van der Waals surface area contributed by atoms with Crippen LogP contribution in [-0.2, 0) is 6.18 Å². The Morgan fingerprint density at radius 3 is 2.45 bits per heavy atom. The Morgan fingerprint density at radius 1 is 1.40 bits per heavy atom. The fourth-order valence-electron chi connectivity index (χ4n) is 1.38. The topological polar surface area (TPSA) is 95.6 Å². The predicted octanol–water partition coefficient (Wildman–Crippen LogP) is 1.77. The number of nitrogens with zero attached hydrogens (tertiary/aromatic N) is 1. The third-order valence-electron chi connectivity index (χ3n) is 2.51. The second kappa shape index (κ2) is 5.63. The van der Waals surface area contributed by atoms with E-state index in [0.29, 0.717) is 6.07 Å². The van der Waals surface area contributed by atoms with Gasteiger partial charge in [-0.1, -0.05) is 0 Å². The van der Waals surface area contributed by atoms with Crippen LogP contribution in [0.15, 0.2) is 18.2 Å². The maximum atomic E-state index is 12.7. The van der Waals surface area contributed by atoms with E-state index in [1.54, 1.807) is 0 Å². The molecule has 3 N–H and O–H groups in total. The van der Waals surface area contributed by atoms with Gasteiger partial charge >= 0.3 is 6.18 Å². The lowest BCUT2D eigenvalue weighted by Gasteiger charge is -2.21. The molecule has 0 spiro atoms. The fourth-order valence-corrected chi connectivity index (χ4v) is 1.38. The molecule has 1 unspecified atom stereocenters. The minimum Gasteiger partial charge on any atom is -0.393 e. The van der Waals surface area contributed by atoms with Crippen LogP contribution in [0.3, 0.4) is 0 Å². The summed E-state index contributed by atoms with van der Waals surface area (Å²) in [5, 5.41) is 31.4. The molecule has 1 aromatic rings. The lowest BCUT2D eigenvalue weighted by molar-refractivity contribution is -0.388. The summed E-state index contributed by atoms with van der Waals surface area (Å²) < 4.78 is 38.1. The van der Waals surface area contributed by atoms with Gasteiger partial charge in [-0.05, 0) is 19.1 Å². The molecule has 0 aliphatic carbocycles. The van der Waals surface area contributed by atoms with Crippen LogP contribution in [0.25, 0.3) is 0 Å². The number of hydrogen-bond acceptors (Lipinski definition) is 5. The highest BCUT2D eigenvalue weighted by atomic mass is 19.4. The summed E-state index contributed by atoms with van der Waals surface area (Å²) >= 11 is 0. The van der Waals surface area contributed by atoms with E-state index in [1.165, 1.54) is 6.92 Å². The number of halogens is 3. The molecule has 1 aromatic carbocycles.